The summed E-state index contributed by atoms with van der Waals surface area (Å²) in [6.07, 6.45) is 6.17. The number of fused-ring (bicyclic) bond motifs is 3. The average molecular weight is 489 g/mol. The van der Waals surface area contributed by atoms with Crippen LogP contribution < -0.4 is 5.32 Å². The number of aryl methyl sites for hydroxylation is 1. The van der Waals surface area contributed by atoms with E-state index >= 15 is 0 Å². The fourth-order valence-electron chi connectivity index (χ4n) is 6.44. The number of carbonyl (C=O) groups excluding carboxylic acids is 2. The average Bonchev–Trinajstić information content (AvgIpc) is 3.50. The van der Waals surface area contributed by atoms with Gasteiger partial charge in [0.2, 0.25) is 0 Å². The molecule has 0 saturated heterocycles. The van der Waals surface area contributed by atoms with E-state index in [-0.39, 0.29) is 17.1 Å². The zero-order valence-corrected chi connectivity index (χ0v) is 21.0. The summed E-state index contributed by atoms with van der Waals surface area (Å²) in [5.41, 5.74) is 7.01. The molecular weight excluding hydrogens is 460 g/mol. The maximum Gasteiger partial charge on any atom is 0.255 e. The number of nitrogens with one attached hydrogen (secondary N) is 2. The van der Waals surface area contributed by atoms with E-state index in [9.17, 15) is 9.59 Å². The smallest absolute Gasteiger partial charge is 0.255 e. The van der Waals surface area contributed by atoms with E-state index < -0.39 is 0 Å². The highest BCUT2D eigenvalue weighted by Gasteiger charge is 2.56. The Morgan fingerprint density at radius 3 is 2.49 bits per heavy atom. The lowest BCUT2D eigenvalue weighted by atomic mass is 9.43. The Labute approximate surface area is 214 Å². The lowest BCUT2D eigenvalue weighted by Gasteiger charge is -2.62. The molecule has 8 rings (SSSR count). The summed E-state index contributed by atoms with van der Waals surface area (Å²) < 4.78 is 6.42. The van der Waals surface area contributed by atoms with Crippen molar-refractivity contribution in [3.8, 4) is 22.5 Å². The lowest BCUT2D eigenvalue weighted by Crippen LogP contribution is -2.52. The molecule has 3 saturated carbocycles. The van der Waals surface area contributed by atoms with Crippen LogP contribution in [-0.4, -0.2) is 23.7 Å². The van der Waals surface area contributed by atoms with Crippen LogP contribution in [0.1, 0.15) is 52.0 Å². The molecule has 0 spiro atoms. The highest BCUT2D eigenvalue weighted by molar-refractivity contribution is 6.19. The van der Waals surface area contributed by atoms with Crippen LogP contribution in [0.15, 0.2) is 71.3 Å². The summed E-state index contributed by atoms with van der Waals surface area (Å²) in [5, 5.41) is 4.45. The molecule has 3 fully saturated rings. The third-order valence-corrected chi connectivity index (χ3v) is 8.46. The van der Waals surface area contributed by atoms with E-state index in [1.54, 1.807) is 7.05 Å². The molecule has 2 bridgehead atoms. The largest absolute Gasteiger partial charge is 0.454 e. The van der Waals surface area contributed by atoms with Crippen LogP contribution in [0.5, 0.6) is 0 Å². The van der Waals surface area contributed by atoms with Gasteiger partial charge in [-0.25, -0.2) is 0 Å². The molecule has 0 aliphatic heterocycles. The Morgan fingerprint density at radius 1 is 1.00 bits per heavy atom. The number of aromatic nitrogens is 1. The molecule has 3 aliphatic carbocycles. The van der Waals surface area contributed by atoms with Gasteiger partial charge in [0.05, 0.1) is 11.1 Å². The molecule has 1 amide bonds. The highest BCUT2D eigenvalue weighted by Crippen LogP contribution is 2.66. The number of H-pyrrole nitrogens is 1. The molecule has 3 aromatic carbocycles. The Bertz CT molecular complexity index is 1700. The Hall–Kier alpha value is -4.12. The van der Waals surface area contributed by atoms with Gasteiger partial charge < -0.3 is 14.7 Å². The van der Waals surface area contributed by atoms with Crippen LogP contribution >= 0.6 is 0 Å². The van der Waals surface area contributed by atoms with Crippen molar-refractivity contribution < 1.29 is 14.0 Å². The number of ketones is 1. The molecule has 0 unspecified atom stereocenters. The zero-order valence-electron chi connectivity index (χ0n) is 21.0. The third-order valence-electron chi connectivity index (χ3n) is 8.46. The fraction of sp³-hybridized carbons (Fsp3) is 0.250. The quantitative estimate of drug-likeness (QED) is 0.246. The number of rotatable bonds is 6. The van der Waals surface area contributed by atoms with Crippen LogP contribution in [0.2, 0.25) is 0 Å². The Morgan fingerprint density at radius 2 is 1.78 bits per heavy atom. The van der Waals surface area contributed by atoms with Crippen LogP contribution in [0.25, 0.3) is 44.3 Å². The number of furan rings is 1. The summed E-state index contributed by atoms with van der Waals surface area (Å²) in [5.74, 6) is 1.44. The standard InChI is InChI=1S/C32H28N2O3/c1-18-6-8-20(9-7-18)29-27(31(36)33-2)25-13-24(28-23(10-11-34-28)30(25)37-29)21-4-3-5-22(12-21)26(35)17-32-14-19(15-32)16-32/h3-13,19,34H,14-17H2,1-2H3,(H,33,36). The maximum absolute atomic E-state index is 13.2. The number of aromatic amines is 1. The first-order valence-corrected chi connectivity index (χ1v) is 12.9. The van der Waals surface area contributed by atoms with Crippen molar-refractivity contribution in [2.45, 2.75) is 32.6 Å². The molecule has 5 nitrogen and oxygen atoms in total. The minimum absolute atomic E-state index is 0.197. The van der Waals surface area contributed by atoms with Gasteiger partial charge in [0, 0.05) is 47.1 Å². The highest BCUT2D eigenvalue weighted by atomic mass is 16.3. The number of Topliss-reactive ketones (excluding diaryl/α,β-unsaturated/α-hetero) is 1. The molecule has 184 valence electrons. The van der Waals surface area contributed by atoms with Gasteiger partial charge in [0.25, 0.3) is 5.91 Å². The van der Waals surface area contributed by atoms with E-state index in [0.717, 1.165) is 50.0 Å². The normalized spacial score (nSPS) is 20.0. The summed E-state index contributed by atoms with van der Waals surface area (Å²) >= 11 is 0. The van der Waals surface area contributed by atoms with E-state index in [2.05, 4.69) is 10.3 Å². The molecule has 2 heterocycles. The van der Waals surface area contributed by atoms with Crippen molar-refractivity contribution in [1.82, 2.24) is 10.3 Å². The molecule has 37 heavy (non-hydrogen) atoms. The van der Waals surface area contributed by atoms with Gasteiger partial charge in [-0.05, 0) is 61.3 Å². The minimum Gasteiger partial charge on any atom is -0.454 e. The molecule has 5 aromatic rings. The summed E-state index contributed by atoms with van der Waals surface area (Å²) in [6.45, 7) is 2.03. The van der Waals surface area contributed by atoms with Crippen molar-refractivity contribution in [3.63, 3.8) is 0 Å². The van der Waals surface area contributed by atoms with Crippen LogP contribution in [0.4, 0.5) is 0 Å². The first kappa shape index (κ1) is 22.1. The van der Waals surface area contributed by atoms with E-state index in [0.29, 0.717) is 23.3 Å². The molecule has 2 N–H and O–H groups in total. The van der Waals surface area contributed by atoms with Crippen molar-refractivity contribution in [2.24, 2.45) is 11.3 Å². The van der Waals surface area contributed by atoms with Gasteiger partial charge in [0.1, 0.15) is 11.3 Å². The predicted molar refractivity (Wildman–Crippen MR) is 146 cm³/mol. The van der Waals surface area contributed by atoms with E-state index in [1.807, 2.05) is 73.8 Å². The maximum atomic E-state index is 13.2. The number of carbonyl (C=O) groups is 2. The van der Waals surface area contributed by atoms with Gasteiger partial charge >= 0.3 is 0 Å². The van der Waals surface area contributed by atoms with Crippen LogP contribution in [0.3, 0.4) is 0 Å². The van der Waals surface area contributed by atoms with Gasteiger partial charge in [-0.1, -0.05) is 48.0 Å². The van der Waals surface area contributed by atoms with Gasteiger partial charge in [-0.3, -0.25) is 9.59 Å². The second-order valence-electron chi connectivity index (χ2n) is 11.0. The molecular formula is C32H28N2O3. The summed E-state index contributed by atoms with van der Waals surface area (Å²) in [4.78, 5) is 29.7. The molecule has 3 aliphatic rings. The van der Waals surface area contributed by atoms with Gasteiger partial charge in [-0.15, -0.1) is 0 Å². The monoisotopic (exact) mass is 488 g/mol. The van der Waals surface area contributed by atoms with Crippen molar-refractivity contribution in [1.29, 1.82) is 0 Å². The fourth-order valence-corrected chi connectivity index (χ4v) is 6.44. The predicted octanol–water partition coefficient (Wildman–Crippen LogP) is 7.29. The number of benzene rings is 3. The van der Waals surface area contributed by atoms with Gasteiger partial charge in [-0.2, -0.15) is 0 Å². The molecule has 0 atom stereocenters. The number of hydrogen-bond donors (Lipinski definition) is 2. The number of amides is 1. The van der Waals surface area contributed by atoms with E-state index in [1.165, 1.54) is 19.3 Å². The second kappa shape index (κ2) is 7.94. The topological polar surface area (TPSA) is 75.1 Å². The lowest BCUT2D eigenvalue weighted by molar-refractivity contribution is -0.103. The Kier molecular flexibility index (Phi) is 4.74. The molecule has 5 heteroatoms. The third kappa shape index (κ3) is 3.37. The Balaban J connectivity index is 1.39. The summed E-state index contributed by atoms with van der Waals surface area (Å²) in [7, 11) is 1.64. The molecule has 0 radical (unpaired) electrons. The summed E-state index contributed by atoms with van der Waals surface area (Å²) in [6, 6.07) is 19.9. The van der Waals surface area contributed by atoms with Crippen molar-refractivity contribution in [3.05, 3.63) is 83.6 Å². The van der Waals surface area contributed by atoms with Gasteiger partial charge in [0.15, 0.2) is 5.78 Å². The van der Waals surface area contributed by atoms with Crippen LogP contribution in [-0.2, 0) is 0 Å². The first-order valence-electron chi connectivity index (χ1n) is 12.9. The molecule has 2 aromatic heterocycles. The zero-order chi connectivity index (χ0) is 25.3. The van der Waals surface area contributed by atoms with Crippen LogP contribution in [0, 0.1) is 18.3 Å². The van der Waals surface area contributed by atoms with Crippen molar-refractivity contribution >= 4 is 33.6 Å². The first-order chi connectivity index (χ1) is 17.9. The number of hydrogen-bond acceptors (Lipinski definition) is 3. The SMILES string of the molecule is CNC(=O)c1c(-c2ccc(C)cc2)oc2c1cc(-c1cccc(C(=O)CC34CC(C3)C4)c1)c1[nH]ccc12. The minimum atomic E-state index is -0.197. The second-order valence-corrected chi connectivity index (χ2v) is 11.0. The van der Waals surface area contributed by atoms with Crippen molar-refractivity contribution in [2.75, 3.05) is 7.05 Å². The van der Waals surface area contributed by atoms with E-state index in [4.69, 9.17) is 4.42 Å².